The molecule has 1 nitrogen and oxygen atoms in total. The minimum atomic E-state index is 0.637. The summed E-state index contributed by atoms with van der Waals surface area (Å²) in [5, 5.41) is 0. The van der Waals surface area contributed by atoms with E-state index in [1.54, 1.807) is 0 Å². The molecule has 56 valence electrons. The zero-order valence-electron chi connectivity index (χ0n) is 6.19. The summed E-state index contributed by atoms with van der Waals surface area (Å²) < 4.78 is 0.866. The average molecular weight is 210 g/mol. The molecule has 0 aliphatic heterocycles. The number of nitrogen functional groups attached to an aromatic ring is 1. The van der Waals surface area contributed by atoms with E-state index in [0.717, 1.165) is 15.6 Å². The monoisotopic (exact) mass is 209 g/mol. The lowest BCUT2D eigenvalue weighted by molar-refractivity contribution is 1.43. The van der Waals surface area contributed by atoms with Crippen molar-refractivity contribution >= 4 is 21.6 Å². The number of nitrogens with two attached hydrogens (primary N) is 1. The number of benzene rings is 1. The lowest BCUT2D eigenvalue weighted by Crippen LogP contribution is -1.92. The van der Waals surface area contributed by atoms with Gasteiger partial charge in [-0.15, -0.1) is 6.42 Å². The number of aryl methyl sites for hydroxylation is 1. The van der Waals surface area contributed by atoms with Gasteiger partial charge in [-0.1, -0.05) is 5.92 Å². The van der Waals surface area contributed by atoms with E-state index in [2.05, 4.69) is 21.9 Å². The first kappa shape index (κ1) is 8.16. The predicted molar refractivity (Wildman–Crippen MR) is 51.2 cm³/mol. The van der Waals surface area contributed by atoms with Gasteiger partial charge in [0.1, 0.15) is 0 Å². The second-order valence-corrected chi connectivity index (χ2v) is 3.21. The van der Waals surface area contributed by atoms with Crippen molar-refractivity contribution in [3.8, 4) is 12.3 Å². The fourth-order valence-electron chi connectivity index (χ4n) is 0.873. The molecular formula is C9H8BrN. The first-order chi connectivity index (χ1) is 5.15. The first-order valence-electron chi connectivity index (χ1n) is 3.17. The van der Waals surface area contributed by atoms with Crippen molar-refractivity contribution in [1.29, 1.82) is 0 Å². The molecule has 0 radical (unpaired) electrons. The molecule has 0 heterocycles. The van der Waals surface area contributed by atoms with Gasteiger partial charge in [0.15, 0.2) is 0 Å². The van der Waals surface area contributed by atoms with Crippen LogP contribution in [0.15, 0.2) is 16.6 Å². The third-order valence-electron chi connectivity index (χ3n) is 1.43. The van der Waals surface area contributed by atoms with Gasteiger partial charge >= 0.3 is 0 Å². The molecule has 0 bridgehead atoms. The molecule has 1 aromatic carbocycles. The number of rotatable bonds is 0. The van der Waals surface area contributed by atoms with Crippen molar-refractivity contribution in [1.82, 2.24) is 0 Å². The Balaban J connectivity index is 3.39. The van der Waals surface area contributed by atoms with Crippen molar-refractivity contribution in [3.63, 3.8) is 0 Å². The molecule has 11 heavy (non-hydrogen) atoms. The van der Waals surface area contributed by atoms with Crippen molar-refractivity contribution < 1.29 is 0 Å². The molecule has 0 amide bonds. The highest BCUT2D eigenvalue weighted by Crippen LogP contribution is 2.24. The minimum absolute atomic E-state index is 0.637. The van der Waals surface area contributed by atoms with E-state index in [9.17, 15) is 0 Å². The van der Waals surface area contributed by atoms with Crippen LogP contribution in [-0.4, -0.2) is 0 Å². The number of hydrogen-bond donors (Lipinski definition) is 1. The molecular weight excluding hydrogens is 202 g/mol. The van der Waals surface area contributed by atoms with E-state index >= 15 is 0 Å². The fourth-order valence-corrected chi connectivity index (χ4v) is 1.45. The number of hydrogen-bond acceptors (Lipinski definition) is 1. The van der Waals surface area contributed by atoms with Crippen molar-refractivity contribution in [2.75, 3.05) is 5.73 Å². The normalized spacial score (nSPS) is 9.18. The maximum absolute atomic E-state index is 5.67. The lowest BCUT2D eigenvalue weighted by Gasteiger charge is -2.02. The van der Waals surface area contributed by atoms with Crippen LogP contribution in [0, 0.1) is 19.3 Å². The Morgan fingerprint density at radius 2 is 2.18 bits per heavy atom. The van der Waals surface area contributed by atoms with Crippen LogP contribution in [0.3, 0.4) is 0 Å². The van der Waals surface area contributed by atoms with Gasteiger partial charge in [0.2, 0.25) is 0 Å². The van der Waals surface area contributed by atoms with Gasteiger partial charge in [-0.25, -0.2) is 0 Å². The summed E-state index contributed by atoms with van der Waals surface area (Å²) in [5.74, 6) is 2.52. The maximum atomic E-state index is 5.67. The van der Waals surface area contributed by atoms with E-state index in [4.69, 9.17) is 12.2 Å². The molecule has 0 aromatic heterocycles. The quantitative estimate of drug-likeness (QED) is 0.516. The Morgan fingerprint density at radius 1 is 1.55 bits per heavy atom. The summed E-state index contributed by atoms with van der Waals surface area (Å²) in [6.07, 6.45) is 5.24. The molecule has 0 saturated heterocycles. The summed E-state index contributed by atoms with van der Waals surface area (Å²) in [7, 11) is 0. The molecule has 0 saturated carbocycles. The van der Waals surface area contributed by atoms with Crippen LogP contribution in [0.25, 0.3) is 0 Å². The van der Waals surface area contributed by atoms with Gasteiger partial charge in [-0.3, -0.25) is 0 Å². The molecule has 1 rings (SSSR count). The van der Waals surface area contributed by atoms with E-state index in [0.29, 0.717) is 5.69 Å². The molecule has 2 N–H and O–H groups in total. The number of terminal acetylenes is 1. The zero-order valence-corrected chi connectivity index (χ0v) is 7.77. The lowest BCUT2D eigenvalue weighted by atomic mass is 10.1. The molecule has 1 aromatic rings. The van der Waals surface area contributed by atoms with E-state index < -0.39 is 0 Å². The molecule has 0 aliphatic carbocycles. The molecule has 2 heteroatoms. The summed E-state index contributed by atoms with van der Waals surface area (Å²) in [6.45, 7) is 1.98. The van der Waals surface area contributed by atoms with Gasteiger partial charge in [0, 0.05) is 10.0 Å². The predicted octanol–water partition coefficient (Wildman–Crippen LogP) is 2.32. The highest BCUT2D eigenvalue weighted by Gasteiger charge is 2.00. The van der Waals surface area contributed by atoms with E-state index in [-0.39, 0.29) is 0 Å². The Kier molecular flexibility index (Phi) is 2.21. The Labute approximate surface area is 74.7 Å². The third-order valence-corrected chi connectivity index (χ3v) is 2.09. The smallest absolute Gasteiger partial charge is 0.0617 e. The topological polar surface area (TPSA) is 26.0 Å². The average Bonchev–Trinajstić information content (AvgIpc) is 1.96. The summed E-state index contributed by atoms with van der Waals surface area (Å²) >= 11 is 3.32. The zero-order chi connectivity index (χ0) is 8.43. The second-order valence-electron chi connectivity index (χ2n) is 2.35. The van der Waals surface area contributed by atoms with Gasteiger partial charge < -0.3 is 5.73 Å². The van der Waals surface area contributed by atoms with Gasteiger partial charge in [-0.05, 0) is 40.5 Å². The Morgan fingerprint density at radius 3 is 2.73 bits per heavy atom. The van der Waals surface area contributed by atoms with Crippen LogP contribution >= 0.6 is 15.9 Å². The van der Waals surface area contributed by atoms with Crippen LogP contribution in [0.1, 0.15) is 11.1 Å². The van der Waals surface area contributed by atoms with Gasteiger partial charge in [-0.2, -0.15) is 0 Å². The second kappa shape index (κ2) is 2.98. The number of anilines is 1. The number of halogens is 1. The van der Waals surface area contributed by atoms with Crippen LogP contribution in [0.2, 0.25) is 0 Å². The van der Waals surface area contributed by atoms with E-state index in [1.165, 1.54) is 0 Å². The molecule has 0 aliphatic rings. The van der Waals surface area contributed by atoms with Crippen molar-refractivity contribution in [2.45, 2.75) is 6.92 Å². The molecule has 0 spiro atoms. The molecule has 0 atom stereocenters. The van der Waals surface area contributed by atoms with Crippen LogP contribution in [-0.2, 0) is 0 Å². The summed E-state index contributed by atoms with van der Waals surface area (Å²) in [4.78, 5) is 0. The SMILES string of the molecule is C#Cc1cc(C)cc(Br)c1N. The highest BCUT2D eigenvalue weighted by molar-refractivity contribution is 9.10. The Bertz CT molecular complexity index is 323. The van der Waals surface area contributed by atoms with E-state index in [1.807, 2.05) is 19.1 Å². The van der Waals surface area contributed by atoms with Crippen molar-refractivity contribution in [3.05, 3.63) is 27.7 Å². The highest BCUT2D eigenvalue weighted by atomic mass is 79.9. The van der Waals surface area contributed by atoms with Gasteiger partial charge in [0.05, 0.1) is 5.69 Å². The summed E-state index contributed by atoms with van der Waals surface area (Å²) in [6, 6.07) is 3.83. The molecule has 0 fully saturated rings. The first-order valence-corrected chi connectivity index (χ1v) is 3.96. The maximum Gasteiger partial charge on any atom is 0.0617 e. The Hall–Kier alpha value is -0.940. The minimum Gasteiger partial charge on any atom is -0.397 e. The van der Waals surface area contributed by atoms with Crippen LogP contribution in [0.5, 0.6) is 0 Å². The fraction of sp³-hybridized carbons (Fsp3) is 0.111. The van der Waals surface area contributed by atoms with Crippen LogP contribution in [0.4, 0.5) is 5.69 Å². The molecule has 0 unspecified atom stereocenters. The summed E-state index contributed by atoms with van der Waals surface area (Å²) in [5.41, 5.74) is 8.17. The van der Waals surface area contributed by atoms with Crippen molar-refractivity contribution in [2.24, 2.45) is 0 Å². The third kappa shape index (κ3) is 1.55. The van der Waals surface area contributed by atoms with Gasteiger partial charge in [0.25, 0.3) is 0 Å². The largest absolute Gasteiger partial charge is 0.397 e. The van der Waals surface area contributed by atoms with Crippen LogP contribution < -0.4 is 5.73 Å². The standard InChI is InChI=1S/C9H8BrN/c1-3-7-4-6(2)5-8(10)9(7)11/h1,4-5H,11H2,2H3.